The molecule has 182 valence electrons. The molecule has 1 saturated carbocycles. The summed E-state index contributed by atoms with van der Waals surface area (Å²) in [6.07, 6.45) is 3.19. The molecule has 0 radical (unpaired) electrons. The molecule has 1 spiro atoms. The molecular formula is C27H30N4O4. The minimum Gasteiger partial charge on any atom is -0.334 e. The van der Waals surface area contributed by atoms with Gasteiger partial charge in [0, 0.05) is 25.2 Å². The molecule has 2 unspecified atom stereocenters. The number of aryl methyl sites for hydroxylation is 1. The summed E-state index contributed by atoms with van der Waals surface area (Å²) in [4.78, 5) is 54.3. The van der Waals surface area contributed by atoms with Crippen molar-refractivity contribution in [3.63, 3.8) is 0 Å². The van der Waals surface area contributed by atoms with Gasteiger partial charge in [0.1, 0.15) is 12.1 Å². The second kappa shape index (κ2) is 8.83. The maximum atomic E-state index is 13.6. The molecule has 1 aliphatic heterocycles. The molecule has 8 nitrogen and oxygen atoms in total. The number of anilines is 1. The monoisotopic (exact) mass is 474 g/mol. The Kier molecular flexibility index (Phi) is 5.83. The normalized spacial score (nSPS) is 21.6. The Morgan fingerprint density at radius 3 is 2.60 bits per heavy atom. The van der Waals surface area contributed by atoms with Crippen LogP contribution in [-0.2, 0) is 32.9 Å². The van der Waals surface area contributed by atoms with Gasteiger partial charge in [0.25, 0.3) is 5.91 Å². The maximum absolute atomic E-state index is 13.6. The van der Waals surface area contributed by atoms with E-state index in [-0.39, 0.29) is 30.3 Å². The molecule has 3 aliphatic rings. The molecule has 1 saturated heterocycles. The average molecular weight is 475 g/mol. The number of nitrogens with zero attached hydrogens (tertiary/aromatic N) is 2. The largest absolute Gasteiger partial charge is 0.334 e. The molecule has 0 bridgehead atoms. The van der Waals surface area contributed by atoms with Crippen LogP contribution in [0.1, 0.15) is 49.8 Å². The molecule has 2 N–H and O–H groups in total. The highest BCUT2D eigenvalue weighted by atomic mass is 16.2. The summed E-state index contributed by atoms with van der Waals surface area (Å²) in [5.74, 6) is -0.335. The Balaban J connectivity index is 1.36. The molecule has 2 aromatic carbocycles. The maximum Gasteiger partial charge on any atom is 0.325 e. The van der Waals surface area contributed by atoms with E-state index in [1.54, 1.807) is 17.0 Å². The van der Waals surface area contributed by atoms with Gasteiger partial charge in [-0.2, -0.15) is 0 Å². The van der Waals surface area contributed by atoms with Gasteiger partial charge in [-0.1, -0.05) is 36.4 Å². The van der Waals surface area contributed by atoms with Crippen LogP contribution in [0.5, 0.6) is 0 Å². The smallest absolute Gasteiger partial charge is 0.325 e. The molecule has 5 rings (SSSR count). The predicted molar refractivity (Wildman–Crippen MR) is 130 cm³/mol. The summed E-state index contributed by atoms with van der Waals surface area (Å²) in [6, 6.07) is 14.6. The average Bonchev–Trinajstić information content (AvgIpc) is 3.58. The summed E-state index contributed by atoms with van der Waals surface area (Å²) in [7, 11) is 0. The van der Waals surface area contributed by atoms with E-state index < -0.39 is 11.6 Å². The van der Waals surface area contributed by atoms with E-state index in [4.69, 9.17) is 0 Å². The summed E-state index contributed by atoms with van der Waals surface area (Å²) < 4.78 is 0. The van der Waals surface area contributed by atoms with Crippen LogP contribution in [0.25, 0.3) is 0 Å². The molecule has 2 aliphatic carbocycles. The van der Waals surface area contributed by atoms with Crippen LogP contribution in [0.15, 0.2) is 48.5 Å². The van der Waals surface area contributed by atoms with Crippen molar-refractivity contribution in [2.24, 2.45) is 5.92 Å². The Hall–Kier alpha value is -3.68. The van der Waals surface area contributed by atoms with Crippen LogP contribution < -0.4 is 10.6 Å². The van der Waals surface area contributed by atoms with E-state index >= 15 is 0 Å². The van der Waals surface area contributed by atoms with Gasteiger partial charge in [-0.05, 0) is 67.3 Å². The van der Waals surface area contributed by atoms with E-state index in [1.807, 2.05) is 43.3 Å². The second-order valence-electron chi connectivity index (χ2n) is 9.87. The van der Waals surface area contributed by atoms with Gasteiger partial charge in [-0.15, -0.1) is 0 Å². The van der Waals surface area contributed by atoms with Gasteiger partial charge in [-0.25, -0.2) is 4.79 Å². The lowest BCUT2D eigenvalue weighted by Crippen LogP contribution is -2.47. The van der Waals surface area contributed by atoms with Gasteiger partial charge in [0.05, 0.1) is 0 Å². The van der Waals surface area contributed by atoms with Crippen LogP contribution in [0.3, 0.4) is 0 Å². The third kappa shape index (κ3) is 4.29. The van der Waals surface area contributed by atoms with Crippen molar-refractivity contribution in [1.82, 2.24) is 15.1 Å². The number of hydrogen-bond donors (Lipinski definition) is 2. The van der Waals surface area contributed by atoms with Crippen molar-refractivity contribution in [2.45, 2.75) is 57.7 Å². The third-order valence-corrected chi connectivity index (χ3v) is 7.44. The lowest BCUT2D eigenvalue weighted by Gasteiger charge is -2.31. The van der Waals surface area contributed by atoms with Crippen molar-refractivity contribution in [3.05, 3.63) is 65.2 Å². The second-order valence-corrected chi connectivity index (χ2v) is 9.87. The summed E-state index contributed by atoms with van der Waals surface area (Å²) in [5.41, 5.74) is 2.15. The minimum absolute atomic E-state index is 0.0387. The molecule has 2 fully saturated rings. The number of rotatable bonds is 7. The standard InChI is InChI=1S/C27H30N4O4/c1-17(20-8-9-20)30(15-19-6-4-3-5-7-19)24(33)16-31-25(34)27(29-26(31)35)13-12-21-14-22(28-18(2)32)10-11-23(21)27/h3-7,10-11,14,17,20H,8-9,12-13,15-16H2,1-2H3,(H,28,32)(H,29,35). The number of carbonyl (C=O) groups is 4. The first-order valence-electron chi connectivity index (χ1n) is 12.2. The molecule has 0 aromatic heterocycles. The van der Waals surface area contributed by atoms with E-state index in [0.717, 1.165) is 34.4 Å². The van der Waals surface area contributed by atoms with Crippen LogP contribution >= 0.6 is 0 Å². The van der Waals surface area contributed by atoms with Gasteiger partial charge in [0.2, 0.25) is 11.8 Å². The van der Waals surface area contributed by atoms with Gasteiger partial charge >= 0.3 is 6.03 Å². The van der Waals surface area contributed by atoms with Crippen LogP contribution in [0, 0.1) is 5.92 Å². The highest BCUT2D eigenvalue weighted by Crippen LogP contribution is 2.42. The Morgan fingerprint density at radius 1 is 1.17 bits per heavy atom. The van der Waals surface area contributed by atoms with Gasteiger partial charge < -0.3 is 15.5 Å². The number of hydrogen-bond acceptors (Lipinski definition) is 4. The number of fused-ring (bicyclic) bond motifs is 2. The van der Waals surface area contributed by atoms with Crippen molar-refractivity contribution < 1.29 is 19.2 Å². The highest BCUT2D eigenvalue weighted by molar-refractivity contribution is 6.10. The van der Waals surface area contributed by atoms with Crippen molar-refractivity contribution in [2.75, 3.05) is 11.9 Å². The Bertz CT molecular complexity index is 1190. The minimum atomic E-state index is -1.16. The van der Waals surface area contributed by atoms with Gasteiger partial charge in [0.15, 0.2) is 0 Å². The number of urea groups is 1. The first kappa shape index (κ1) is 23.1. The molecule has 1 heterocycles. The van der Waals surface area contributed by atoms with E-state index in [1.165, 1.54) is 6.92 Å². The fourth-order valence-electron chi connectivity index (χ4n) is 5.38. The Morgan fingerprint density at radius 2 is 1.91 bits per heavy atom. The third-order valence-electron chi connectivity index (χ3n) is 7.44. The summed E-state index contributed by atoms with van der Waals surface area (Å²) >= 11 is 0. The van der Waals surface area contributed by atoms with Crippen LogP contribution in [-0.4, -0.2) is 46.1 Å². The summed E-state index contributed by atoms with van der Waals surface area (Å²) in [5, 5.41) is 5.64. The van der Waals surface area contributed by atoms with Crippen molar-refractivity contribution in [3.8, 4) is 0 Å². The first-order chi connectivity index (χ1) is 16.8. The fourth-order valence-corrected chi connectivity index (χ4v) is 5.38. The van der Waals surface area contributed by atoms with Crippen LogP contribution in [0.2, 0.25) is 0 Å². The van der Waals surface area contributed by atoms with E-state index in [0.29, 0.717) is 31.0 Å². The molecule has 8 heteroatoms. The molecule has 2 aromatic rings. The zero-order valence-electron chi connectivity index (χ0n) is 20.0. The molecular weight excluding hydrogens is 444 g/mol. The van der Waals surface area contributed by atoms with E-state index in [9.17, 15) is 19.2 Å². The predicted octanol–water partition coefficient (Wildman–Crippen LogP) is 3.17. The van der Waals surface area contributed by atoms with Crippen LogP contribution in [0.4, 0.5) is 10.5 Å². The molecule has 35 heavy (non-hydrogen) atoms. The van der Waals surface area contributed by atoms with E-state index in [2.05, 4.69) is 10.6 Å². The SMILES string of the molecule is CC(=O)Nc1ccc2c(c1)CCC21NC(=O)N(CC(=O)N(Cc2ccccc2)C(C)C2CC2)C1=O. The zero-order chi connectivity index (χ0) is 24.7. The van der Waals surface area contributed by atoms with Gasteiger partial charge in [-0.3, -0.25) is 19.3 Å². The fraction of sp³-hybridized carbons (Fsp3) is 0.407. The number of nitrogens with one attached hydrogen (secondary N) is 2. The quantitative estimate of drug-likeness (QED) is 0.602. The lowest BCUT2D eigenvalue weighted by molar-refractivity contribution is -0.141. The van der Waals surface area contributed by atoms with Crippen molar-refractivity contribution >= 4 is 29.4 Å². The molecule has 2 atom stereocenters. The first-order valence-corrected chi connectivity index (χ1v) is 12.2. The highest BCUT2D eigenvalue weighted by Gasteiger charge is 2.56. The topological polar surface area (TPSA) is 98.8 Å². The van der Waals surface area contributed by atoms with Crippen molar-refractivity contribution in [1.29, 1.82) is 0 Å². The summed E-state index contributed by atoms with van der Waals surface area (Å²) in [6.45, 7) is 3.65. The molecule has 5 amide bonds. The lowest BCUT2D eigenvalue weighted by atomic mass is 9.91. The Labute approximate surface area is 204 Å². The number of amides is 5. The number of imide groups is 1. The zero-order valence-corrected chi connectivity index (χ0v) is 20.0. The number of carbonyl (C=O) groups excluding carboxylic acids is 4. The number of benzene rings is 2.